The minimum Gasteiger partial charge on any atom is -0.387 e. The zero-order chi connectivity index (χ0) is 22.1. The smallest absolute Gasteiger partial charge is 0.261 e. The van der Waals surface area contributed by atoms with Crippen molar-refractivity contribution in [1.29, 1.82) is 0 Å². The number of carbonyl (C=O) groups is 1. The van der Waals surface area contributed by atoms with Crippen molar-refractivity contribution in [3.63, 3.8) is 0 Å². The van der Waals surface area contributed by atoms with E-state index in [1.165, 1.54) is 6.20 Å². The van der Waals surface area contributed by atoms with Crippen molar-refractivity contribution in [3.8, 4) is 0 Å². The van der Waals surface area contributed by atoms with E-state index in [9.17, 15) is 14.7 Å². The molecule has 0 fully saturated rings. The first-order valence-electron chi connectivity index (χ1n) is 9.79. The van der Waals surface area contributed by atoms with Gasteiger partial charge in [-0.2, -0.15) is 0 Å². The number of aliphatic hydroxyl groups is 1. The quantitative estimate of drug-likeness (QED) is 0.469. The van der Waals surface area contributed by atoms with Crippen LogP contribution in [0.15, 0.2) is 69.2 Å². The van der Waals surface area contributed by atoms with E-state index in [2.05, 4.69) is 20.6 Å². The Kier molecular flexibility index (Phi) is 5.67. The summed E-state index contributed by atoms with van der Waals surface area (Å²) in [5.74, 6) is -0.0722. The molecule has 8 nitrogen and oxygen atoms in total. The van der Waals surface area contributed by atoms with Crippen LogP contribution >= 0.6 is 11.6 Å². The topological polar surface area (TPSA) is 133 Å². The van der Waals surface area contributed by atoms with Crippen LogP contribution in [-0.2, 0) is 4.79 Å². The number of hydrogen-bond donors (Lipinski definition) is 5. The van der Waals surface area contributed by atoms with Crippen LogP contribution < -0.4 is 21.9 Å². The van der Waals surface area contributed by atoms with Crippen LogP contribution in [0, 0.1) is 0 Å². The van der Waals surface area contributed by atoms with Crippen molar-refractivity contribution >= 4 is 29.0 Å². The van der Waals surface area contributed by atoms with Gasteiger partial charge in [-0.15, -0.1) is 0 Å². The molecule has 2 aliphatic rings. The van der Waals surface area contributed by atoms with Crippen LogP contribution in [-0.4, -0.2) is 34.4 Å². The maximum atomic E-state index is 12.6. The summed E-state index contributed by atoms with van der Waals surface area (Å²) in [6, 6.07) is 8.39. The third-order valence-corrected chi connectivity index (χ3v) is 5.57. The monoisotopic (exact) mass is 439 g/mol. The highest BCUT2D eigenvalue weighted by Crippen LogP contribution is 2.30. The van der Waals surface area contributed by atoms with Gasteiger partial charge in [0, 0.05) is 35.5 Å². The van der Waals surface area contributed by atoms with Gasteiger partial charge in [0.15, 0.2) is 0 Å². The summed E-state index contributed by atoms with van der Waals surface area (Å²) in [6.07, 6.45) is 2.83. The normalized spacial score (nSPS) is 18.6. The van der Waals surface area contributed by atoms with Crippen molar-refractivity contribution in [2.45, 2.75) is 25.5 Å². The Balaban J connectivity index is 1.58. The van der Waals surface area contributed by atoms with Gasteiger partial charge in [0.05, 0.1) is 17.8 Å². The SMILES string of the molecule is CC1=C2NC(c3c(NCC(O)c4cccc(Cl)c4)cc[nH]c3=O)=NC2CC(C(N)=O)=C1. The van der Waals surface area contributed by atoms with Gasteiger partial charge in [0.2, 0.25) is 5.91 Å². The number of benzene rings is 1. The minimum absolute atomic E-state index is 0.169. The van der Waals surface area contributed by atoms with Gasteiger partial charge in [-0.25, -0.2) is 0 Å². The van der Waals surface area contributed by atoms with E-state index in [4.69, 9.17) is 17.3 Å². The zero-order valence-electron chi connectivity index (χ0n) is 16.8. The number of aromatic nitrogens is 1. The summed E-state index contributed by atoms with van der Waals surface area (Å²) < 4.78 is 0. The number of H-pyrrole nitrogens is 1. The molecule has 0 saturated heterocycles. The molecule has 9 heteroatoms. The molecule has 0 radical (unpaired) electrons. The van der Waals surface area contributed by atoms with E-state index in [1.807, 2.05) is 6.92 Å². The molecular weight excluding hydrogens is 418 g/mol. The summed E-state index contributed by atoms with van der Waals surface area (Å²) in [5.41, 5.74) is 8.82. The number of aliphatic hydroxyl groups excluding tert-OH is 1. The number of nitrogens with two attached hydrogens (primary N) is 1. The largest absolute Gasteiger partial charge is 0.387 e. The van der Waals surface area contributed by atoms with Gasteiger partial charge in [-0.3, -0.25) is 14.6 Å². The predicted molar refractivity (Wildman–Crippen MR) is 120 cm³/mol. The number of aliphatic imine (C=N–C) groups is 1. The Hall–Kier alpha value is -3.36. The Morgan fingerprint density at radius 2 is 2.23 bits per heavy atom. The molecule has 1 amide bonds. The second-order valence-electron chi connectivity index (χ2n) is 7.50. The first kappa shape index (κ1) is 20.9. The van der Waals surface area contributed by atoms with E-state index in [0.717, 1.165) is 11.3 Å². The number of amidine groups is 1. The van der Waals surface area contributed by atoms with Crippen LogP contribution in [0.1, 0.15) is 30.6 Å². The van der Waals surface area contributed by atoms with E-state index in [-0.39, 0.29) is 18.1 Å². The fraction of sp³-hybridized carbons (Fsp3) is 0.227. The van der Waals surface area contributed by atoms with Gasteiger partial charge >= 0.3 is 0 Å². The number of carbonyl (C=O) groups excluding carboxylic acids is 1. The summed E-state index contributed by atoms with van der Waals surface area (Å²) in [5, 5.41) is 17.4. The van der Waals surface area contributed by atoms with E-state index >= 15 is 0 Å². The first-order chi connectivity index (χ1) is 14.8. The molecule has 160 valence electrons. The molecule has 2 atom stereocenters. The van der Waals surface area contributed by atoms with Gasteiger partial charge < -0.3 is 26.5 Å². The number of hydrogen-bond acceptors (Lipinski definition) is 6. The lowest BCUT2D eigenvalue weighted by Crippen LogP contribution is -2.30. The van der Waals surface area contributed by atoms with Gasteiger partial charge in [-0.1, -0.05) is 23.7 Å². The summed E-state index contributed by atoms with van der Waals surface area (Å²) in [6.45, 7) is 2.04. The van der Waals surface area contributed by atoms with E-state index < -0.39 is 12.0 Å². The van der Waals surface area contributed by atoms with E-state index in [1.54, 1.807) is 36.4 Å². The number of aromatic amines is 1. The minimum atomic E-state index is -0.820. The Bertz CT molecular complexity index is 1200. The highest BCUT2D eigenvalue weighted by atomic mass is 35.5. The number of primary amides is 1. The lowest BCUT2D eigenvalue weighted by atomic mass is 9.93. The number of fused-ring (bicyclic) bond motifs is 1. The average Bonchev–Trinajstić information content (AvgIpc) is 3.16. The van der Waals surface area contributed by atoms with Crippen molar-refractivity contribution < 1.29 is 9.90 Å². The number of rotatable bonds is 6. The lowest BCUT2D eigenvalue weighted by molar-refractivity contribution is -0.114. The van der Waals surface area contributed by atoms with Crippen molar-refractivity contribution in [2.75, 3.05) is 11.9 Å². The maximum absolute atomic E-state index is 12.6. The third-order valence-electron chi connectivity index (χ3n) is 5.33. The van der Waals surface area contributed by atoms with Crippen molar-refractivity contribution in [2.24, 2.45) is 10.7 Å². The van der Waals surface area contributed by atoms with E-state index in [0.29, 0.717) is 39.7 Å². The molecule has 31 heavy (non-hydrogen) atoms. The number of amides is 1. The number of allylic oxidation sites excluding steroid dienone is 2. The van der Waals surface area contributed by atoms with Crippen LogP contribution in [0.25, 0.3) is 0 Å². The number of nitrogens with zero attached hydrogens (tertiary/aromatic N) is 1. The number of anilines is 1. The Morgan fingerprint density at radius 1 is 1.42 bits per heavy atom. The molecule has 0 spiro atoms. The third kappa shape index (κ3) is 4.26. The van der Waals surface area contributed by atoms with Crippen molar-refractivity contribution in [1.82, 2.24) is 10.3 Å². The lowest BCUT2D eigenvalue weighted by Gasteiger charge is -2.18. The number of pyridine rings is 1. The summed E-state index contributed by atoms with van der Waals surface area (Å²) in [7, 11) is 0. The first-order valence-corrected chi connectivity index (χ1v) is 10.2. The van der Waals surface area contributed by atoms with Crippen molar-refractivity contribution in [3.05, 3.63) is 86.0 Å². The summed E-state index contributed by atoms with van der Waals surface area (Å²) >= 11 is 6.00. The molecule has 0 bridgehead atoms. The van der Waals surface area contributed by atoms with Crippen LogP contribution in [0.2, 0.25) is 5.02 Å². The summed E-state index contributed by atoms with van der Waals surface area (Å²) in [4.78, 5) is 31.6. The van der Waals surface area contributed by atoms with Gasteiger partial charge in [0.1, 0.15) is 11.4 Å². The maximum Gasteiger partial charge on any atom is 0.261 e. The molecule has 2 aromatic rings. The van der Waals surface area contributed by atoms with Crippen LogP contribution in [0.3, 0.4) is 0 Å². The van der Waals surface area contributed by atoms with Gasteiger partial charge in [0.25, 0.3) is 5.56 Å². The Morgan fingerprint density at radius 3 is 2.97 bits per heavy atom. The molecule has 1 aliphatic heterocycles. The highest BCUT2D eigenvalue weighted by Gasteiger charge is 2.32. The molecule has 2 unspecified atom stereocenters. The number of halogens is 1. The van der Waals surface area contributed by atoms with Gasteiger partial charge in [-0.05, 0) is 42.3 Å². The molecule has 1 aliphatic carbocycles. The molecular formula is C22H22ClN5O3. The molecule has 1 aromatic carbocycles. The standard InChI is InChI=1S/C22H22ClN5O3/c1-11-7-13(20(24)30)9-16-19(11)28-21(27-16)18-15(5-6-25-22(18)31)26-10-17(29)12-3-2-4-14(23)8-12/h2-8,16-17,29H,9-10H2,1H3,(H2,24,30)(H,27,28)(H2,25,26,31). The molecule has 1 aromatic heterocycles. The van der Waals surface area contributed by atoms with Crippen LogP contribution in [0.5, 0.6) is 0 Å². The second-order valence-corrected chi connectivity index (χ2v) is 7.94. The van der Waals surface area contributed by atoms with Crippen LogP contribution in [0.4, 0.5) is 5.69 Å². The molecule has 2 heterocycles. The highest BCUT2D eigenvalue weighted by molar-refractivity contribution is 6.30. The molecule has 0 saturated carbocycles. The Labute approximate surface area is 183 Å². The number of nitrogens with one attached hydrogen (secondary N) is 3. The average molecular weight is 440 g/mol. The fourth-order valence-electron chi connectivity index (χ4n) is 3.78. The zero-order valence-corrected chi connectivity index (χ0v) is 17.5. The molecule has 4 rings (SSSR count). The molecule has 6 N–H and O–H groups in total. The predicted octanol–water partition coefficient (Wildman–Crippen LogP) is 1.98. The second kappa shape index (κ2) is 8.41. The fourth-order valence-corrected chi connectivity index (χ4v) is 3.98.